The number of piperidine rings is 1. The van der Waals surface area contributed by atoms with Gasteiger partial charge in [0.05, 0.1) is 15.7 Å². The number of nitrogens with zero attached hydrogens (tertiary/aromatic N) is 2. The third-order valence-electron chi connectivity index (χ3n) is 4.16. The highest BCUT2D eigenvalue weighted by molar-refractivity contribution is 7.89. The van der Waals surface area contributed by atoms with Crippen LogP contribution in [0, 0.1) is 16.0 Å². The van der Waals surface area contributed by atoms with E-state index in [1.54, 1.807) is 13.8 Å². The highest BCUT2D eigenvalue weighted by Gasteiger charge is 2.33. The van der Waals surface area contributed by atoms with Crippen molar-refractivity contribution in [1.82, 2.24) is 9.62 Å². The predicted octanol–water partition coefficient (Wildman–Crippen LogP) is 0.849. The molecule has 1 fully saturated rings. The first-order valence-corrected chi connectivity index (χ1v) is 9.76. The van der Waals surface area contributed by atoms with Gasteiger partial charge in [0.2, 0.25) is 15.9 Å². The minimum absolute atomic E-state index is 0.0211. The molecule has 26 heavy (non-hydrogen) atoms. The molecular formula is C16H24N4O5S. The number of carbonyl (C=O) groups excluding carboxylic acids is 1. The Hall–Kier alpha value is -2.04. The van der Waals surface area contributed by atoms with E-state index in [4.69, 9.17) is 5.73 Å². The van der Waals surface area contributed by atoms with Gasteiger partial charge in [-0.15, -0.1) is 0 Å². The molecule has 1 aliphatic rings. The van der Waals surface area contributed by atoms with E-state index in [-0.39, 0.29) is 23.0 Å². The number of benzene rings is 1. The van der Waals surface area contributed by atoms with Crippen molar-refractivity contribution in [1.29, 1.82) is 0 Å². The van der Waals surface area contributed by atoms with E-state index in [0.29, 0.717) is 25.9 Å². The zero-order chi connectivity index (χ0) is 19.5. The summed E-state index contributed by atoms with van der Waals surface area (Å²) in [6.45, 7) is 4.28. The molecule has 1 aromatic rings. The number of nitrogens with one attached hydrogen (secondary N) is 1. The van der Waals surface area contributed by atoms with Gasteiger partial charge >= 0.3 is 0 Å². The maximum atomic E-state index is 12.8. The molecule has 0 aromatic heterocycles. The van der Waals surface area contributed by atoms with Crippen LogP contribution < -0.4 is 11.1 Å². The molecule has 1 unspecified atom stereocenters. The Morgan fingerprint density at radius 1 is 1.38 bits per heavy atom. The molecule has 1 aromatic carbocycles. The van der Waals surface area contributed by atoms with E-state index in [0.717, 1.165) is 12.1 Å². The summed E-state index contributed by atoms with van der Waals surface area (Å²) in [6.07, 6.45) is 1.17. The van der Waals surface area contributed by atoms with Crippen LogP contribution in [-0.4, -0.2) is 48.7 Å². The van der Waals surface area contributed by atoms with Crippen molar-refractivity contribution in [3.05, 3.63) is 34.4 Å². The number of carbonyl (C=O) groups is 1. The van der Waals surface area contributed by atoms with Gasteiger partial charge in [0.1, 0.15) is 0 Å². The van der Waals surface area contributed by atoms with Gasteiger partial charge in [-0.25, -0.2) is 8.42 Å². The fraction of sp³-hybridized carbons (Fsp3) is 0.562. The van der Waals surface area contributed by atoms with Crippen molar-refractivity contribution in [2.45, 2.75) is 37.1 Å². The maximum Gasteiger partial charge on any atom is 0.269 e. The third kappa shape index (κ3) is 4.99. The fourth-order valence-corrected chi connectivity index (χ4v) is 4.25. The summed E-state index contributed by atoms with van der Waals surface area (Å²) in [5.74, 6) is -0.661. The van der Waals surface area contributed by atoms with E-state index >= 15 is 0 Å². The second kappa shape index (κ2) is 7.68. The fourth-order valence-electron chi connectivity index (χ4n) is 2.72. The third-order valence-corrected chi connectivity index (χ3v) is 6.04. The van der Waals surface area contributed by atoms with Gasteiger partial charge in [-0.2, -0.15) is 4.31 Å². The van der Waals surface area contributed by atoms with Gasteiger partial charge in [-0.3, -0.25) is 14.9 Å². The first-order valence-electron chi connectivity index (χ1n) is 8.32. The number of nitrogens with two attached hydrogens (primary N) is 1. The van der Waals surface area contributed by atoms with E-state index in [9.17, 15) is 23.3 Å². The Morgan fingerprint density at radius 2 is 2.00 bits per heavy atom. The SMILES string of the molecule is CC(C)(N)CNC(=O)C1CCCN(S(=O)(=O)c2ccc([N+](=O)[O-])cc2)C1. The zero-order valence-electron chi connectivity index (χ0n) is 14.8. The van der Waals surface area contributed by atoms with Crippen molar-refractivity contribution in [2.75, 3.05) is 19.6 Å². The van der Waals surface area contributed by atoms with Crippen molar-refractivity contribution >= 4 is 21.6 Å². The second-order valence-corrected chi connectivity index (χ2v) is 9.10. The van der Waals surface area contributed by atoms with Crippen LogP contribution >= 0.6 is 0 Å². The molecule has 0 spiro atoms. The van der Waals surface area contributed by atoms with Gasteiger partial charge in [-0.1, -0.05) is 0 Å². The summed E-state index contributed by atoms with van der Waals surface area (Å²) in [5, 5.41) is 13.5. The number of nitro groups is 1. The van der Waals surface area contributed by atoms with Crippen molar-refractivity contribution in [2.24, 2.45) is 11.7 Å². The quantitative estimate of drug-likeness (QED) is 0.551. The summed E-state index contributed by atoms with van der Waals surface area (Å²) in [5.41, 5.74) is 5.13. The predicted molar refractivity (Wildman–Crippen MR) is 95.9 cm³/mol. The Bertz CT molecular complexity index is 771. The molecule has 1 heterocycles. The summed E-state index contributed by atoms with van der Waals surface area (Å²) in [6, 6.07) is 4.75. The number of hydrogen-bond acceptors (Lipinski definition) is 6. The standard InChI is InChI=1S/C16H24N4O5S/c1-16(2,17)11-18-15(21)12-4-3-9-19(10-12)26(24,25)14-7-5-13(6-8-14)20(22)23/h5-8,12H,3-4,9-11,17H2,1-2H3,(H,18,21). The highest BCUT2D eigenvalue weighted by atomic mass is 32.2. The second-order valence-electron chi connectivity index (χ2n) is 7.16. The highest BCUT2D eigenvalue weighted by Crippen LogP contribution is 2.25. The van der Waals surface area contributed by atoms with Crippen molar-refractivity contribution < 1.29 is 18.1 Å². The summed E-state index contributed by atoms with van der Waals surface area (Å²) >= 11 is 0. The molecule has 3 N–H and O–H groups in total. The lowest BCUT2D eigenvalue weighted by atomic mass is 9.98. The number of nitro benzene ring substituents is 1. The molecule has 0 bridgehead atoms. The van der Waals surface area contributed by atoms with Gasteiger partial charge in [-0.05, 0) is 38.8 Å². The minimum Gasteiger partial charge on any atom is -0.354 e. The lowest BCUT2D eigenvalue weighted by molar-refractivity contribution is -0.384. The molecule has 9 nitrogen and oxygen atoms in total. The number of hydrogen-bond donors (Lipinski definition) is 2. The number of rotatable bonds is 6. The Labute approximate surface area is 152 Å². The van der Waals surface area contributed by atoms with Crippen LogP contribution in [0.5, 0.6) is 0 Å². The molecule has 1 saturated heterocycles. The average molecular weight is 384 g/mol. The van der Waals surface area contributed by atoms with Crippen LogP contribution in [0.25, 0.3) is 0 Å². The molecule has 0 radical (unpaired) electrons. The number of sulfonamides is 1. The van der Waals surface area contributed by atoms with Crippen LogP contribution in [0.15, 0.2) is 29.2 Å². The molecule has 1 atom stereocenters. The Morgan fingerprint density at radius 3 is 2.54 bits per heavy atom. The molecular weight excluding hydrogens is 360 g/mol. The molecule has 2 rings (SSSR count). The van der Waals surface area contributed by atoms with Gasteiger partial charge < -0.3 is 11.1 Å². The van der Waals surface area contributed by atoms with E-state index in [1.807, 2.05) is 0 Å². The van der Waals surface area contributed by atoms with Crippen LogP contribution in [0.1, 0.15) is 26.7 Å². The summed E-state index contributed by atoms with van der Waals surface area (Å²) in [7, 11) is -3.81. The largest absolute Gasteiger partial charge is 0.354 e. The first kappa shape index (κ1) is 20.3. The van der Waals surface area contributed by atoms with Gasteiger partial charge in [0.15, 0.2) is 0 Å². The molecule has 1 amide bonds. The average Bonchev–Trinajstić information content (AvgIpc) is 2.59. The van der Waals surface area contributed by atoms with Gasteiger partial charge in [0.25, 0.3) is 5.69 Å². The summed E-state index contributed by atoms with van der Waals surface area (Å²) < 4.78 is 26.8. The molecule has 144 valence electrons. The summed E-state index contributed by atoms with van der Waals surface area (Å²) in [4.78, 5) is 22.4. The van der Waals surface area contributed by atoms with Gasteiger partial charge in [0, 0.05) is 37.3 Å². The monoisotopic (exact) mass is 384 g/mol. The maximum absolute atomic E-state index is 12.8. The van der Waals surface area contributed by atoms with Crippen LogP contribution in [0.3, 0.4) is 0 Å². The lowest BCUT2D eigenvalue weighted by Crippen LogP contribution is -2.50. The van der Waals surface area contributed by atoms with E-state index in [1.165, 1.54) is 16.4 Å². The zero-order valence-corrected chi connectivity index (χ0v) is 15.7. The van der Waals surface area contributed by atoms with Crippen LogP contribution in [-0.2, 0) is 14.8 Å². The first-order chi connectivity index (χ1) is 12.0. The normalized spacial score (nSPS) is 19.1. The van der Waals surface area contributed by atoms with E-state index < -0.39 is 26.4 Å². The van der Waals surface area contributed by atoms with Crippen LogP contribution in [0.2, 0.25) is 0 Å². The van der Waals surface area contributed by atoms with Crippen molar-refractivity contribution in [3.63, 3.8) is 0 Å². The minimum atomic E-state index is -3.81. The topological polar surface area (TPSA) is 136 Å². The molecule has 1 aliphatic heterocycles. The Balaban J connectivity index is 2.09. The van der Waals surface area contributed by atoms with Crippen LogP contribution in [0.4, 0.5) is 5.69 Å². The van der Waals surface area contributed by atoms with Crippen molar-refractivity contribution in [3.8, 4) is 0 Å². The molecule has 0 saturated carbocycles. The lowest BCUT2D eigenvalue weighted by Gasteiger charge is -2.31. The molecule has 0 aliphatic carbocycles. The Kier molecular flexibility index (Phi) is 5.99. The number of non-ortho nitro benzene ring substituents is 1. The smallest absolute Gasteiger partial charge is 0.269 e. The molecule has 10 heteroatoms. The number of amides is 1. The van der Waals surface area contributed by atoms with E-state index in [2.05, 4.69) is 5.32 Å².